The number of benzene rings is 1. The molecule has 104 valence electrons. The van der Waals surface area contributed by atoms with E-state index in [0.717, 1.165) is 6.54 Å². The van der Waals surface area contributed by atoms with Gasteiger partial charge >= 0.3 is 0 Å². The predicted molar refractivity (Wildman–Crippen MR) is 75.0 cm³/mol. The summed E-state index contributed by atoms with van der Waals surface area (Å²) in [6.45, 7) is 2.29. The monoisotopic (exact) mass is 262 g/mol. The summed E-state index contributed by atoms with van der Waals surface area (Å²) in [6, 6.07) is 7.92. The average Bonchev–Trinajstić information content (AvgIpc) is 2.46. The van der Waals surface area contributed by atoms with E-state index in [4.69, 9.17) is 4.84 Å². The summed E-state index contributed by atoms with van der Waals surface area (Å²) in [5.41, 5.74) is 1.99. The summed E-state index contributed by atoms with van der Waals surface area (Å²) in [6.07, 6.45) is 2.48. The van der Waals surface area contributed by atoms with Crippen LogP contribution in [-0.4, -0.2) is 50.2 Å². The third-order valence-electron chi connectivity index (χ3n) is 3.81. The first-order chi connectivity index (χ1) is 9.11. The van der Waals surface area contributed by atoms with E-state index in [0.29, 0.717) is 11.5 Å². The van der Waals surface area contributed by atoms with Crippen molar-refractivity contribution in [3.63, 3.8) is 0 Å². The van der Waals surface area contributed by atoms with Crippen LogP contribution in [0.1, 0.15) is 34.7 Å². The molecule has 2 rings (SSSR count). The maximum absolute atomic E-state index is 11.9. The standard InChI is InChI=1S/C15H22N2O2/c1-16-10-4-5-14(11-16)12-6-8-13(9-7-12)15(18)17(2)19-3/h6-9,14H,4-5,10-11H2,1-3H3. The van der Waals surface area contributed by atoms with Gasteiger partial charge in [-0.25, -0.2) is 5.06 Å². The van der Waals surface area contributed by atoms with Crippen molar-refractivity contribution < 1.29 is 9.63 Å². The zero-order chi connectivity index (χ0) is 13.8. The summed E-state index contributed by atoms with van der Waals surface area (Å²) in [4.78, 5) is 19.2. The number of likely N-dealkylation sites (tertiary alicyclic amines) is 1. The van der Waals surface area contributed by atoms with Gasteiger partial charge in [-0.05, 0) is 50.0 Å². The van der Waals surface area contributed by atoms with Crippen LogP contribution >= 0.6 is 0 Å². The van der Waals surface area contributed by atoms with E-state index in [1.807, 2.05) is 12.1 Å². The fourth-order valence-corrected chi connectivity index (χ4v) is 2.60. The highest BCUT2D eigenvalue weighted by molar-refractivity contribution is 5.93. The lowest BCUT2D eigenvalue weighted by Crippen LogP contribution is -2.30. The summed E-state index contributed by atoms with van der Waals surface area (Å²) in [5.74, 6) is 0.470. The second kappa shape index (κ2) is 6.17. The molecule has 1 saturated heterocycles. The van der Waals surface area contributed by atoms with Gasteiger partial charge in [-0.15, -0.1) is 0 Å². The Hall–Kier alpha value is -1.39. The number of hydrogen-bond donors (Lipinski definition) is 0. The van der Waals surface area contributed by atoms with Crippen molar-refractivity contribution in [3.05, 3.63) is 35.4 Å². The highest BCUT2D eigenvalue weighted by Gasteiger charge is 2.19. The second-order valence-corrected chi connectivity index (χ2v) is 5.21. The van der Waals surface area contributed by atoms with Crippen LogP contribution in [-0.2, 0) is 4.84 Å². The Kier molecular flexibility index (Phi) is 4.56. The first-order valence-electron chi connectivity index (χ1n) is 6.72. The first-order valence-corrected chi connectivity index (χ1v) is 6.72. The maximum atomic E-state index is 11.9. The highest BCUT2D eigenvalue weighted by atomic mass is 16.7. The Balaban J connectivity index is 2.07. The normalized spacial score (nSPS) is 20.3. The van der Waals surface area contributed by atoms with E-state index in [1.54, 1.807) is 7.05 Å². The summed E-state index contributed by atoms with van der Waals surface area (Å²) in [7, 11) is 5.27. The van der Waals surface area contributed by atoms with E-state index in [-0.39, 0.29) is 5.91 Å². The minimum Gasteiger partial charge on any atom is -0.306 e. The predicted octanol–water partition coefficient (Wildman–Crippen LogP) is 2.13. The molecule has 1 aromatic carbocycles. The van der Waals surface area contributed by atoms with Gasteiger partial charge in [0.15, 0.2) is 0 Å². The molecule has 1 fully saturated rings. The molecule has 0 radical (unpaired) electrons. The number of amides is 1. The van der Waals surface area contributed by atoms with E-state index < -0.39 is 0 Å². The van der Waals surface area contributed by atoms with Crippen molar-refractivity contribution >= 4 is 5.91 Å². The van der Waals surface area contributed by atoms with Crippen molar-refractivity contribution in [1.82, 2.24) is 9.96 Å². The number of carbonyl (C=O) groups is 1. The van der Waals surface area contributed by atoms with Gasteiger partial charge in [-0.3, -0.25) is 9.63 Å². The van der Waals surface area contributed by atoms with Crippen molar-refractivity contribution in [2.45, 2.75) is 18.8 Å². The van der Waals surface area contributed by atoms with E-state index in [1.165, 1.54) is 37.1 Å². The number of hydrogen-bond acceptors (Lipinski definition) is 3. The van der Waals surface area contributed by atoms with Crippen LogP contribution in [0.5, 0.6) is 0 Å². The fraction of sp³-hybridized carbons (Fsp3) is 0.533. The van der Waals surface area contributed by atoms with Crippen LogP contribution in [0.2, 0.25) is 0 Å². The van der Waals surface area contributed by atoms with E-state index >= 15 is 0 Å². The topological polar surface area (TPSA) is 32.8 Å². The Labute approximate surface area is 114 Å². The second-order valence-electron chi connectivity index (χ2n) is 5.21. The van der Waals surface area contributed by atoms with Crippen LogP contribution in [0.25, 0.3) is 0 Å². The molecule has 1 atom stereocenters. The van der Waals surface area contributed by atoms with E-state index in [9.17, 15) is 4.79 Å². The third kappa shape index (κ3) is 3.33. The number of piperidine rings is 1. The van der Waals surface area contributed by atoms with Gasteiger partial charge in [0.05, 0.1) is 7.11 Å². The molecule has 4 nitrogen and oxygen atoms in total. The van der Waals surface area contributed by atoms with Gasteiger partial charge in [0.25, 0.3) is 5.91 Å². The lowest BCUT2D eigenvalue weighted by atomic mass is 9.90. The number of hydroxylamine groups is 2. The molecule has 1 aliphatic heterocycles. The van der Waals surface area contributed by atoms with Gasteiger partial charge in [-0.2, -0.15) is 0 Å². The molecular formula is C15H22N2O2. The summed E-state index contributed by atoms with van der Waals surface area (Å²) >= 11 is 0. The quantitative estimate of drug-likeness (QED) is 0.782. The van der Waals surface area contributed by atoms with Gasteiger partial charge < -0.3 is 4.90 Å². The number of carbonyl (C=O) groups excluding carboxylic acids is 1. The molecule has 1 aromatic rings. The molecule has 0 saturated carbocycles. The molecule has 19 heavy (non-hydrogen) atoms. The van der Waals surface area contributed by atoms with E-state index in [2.05, 4.69) is 24.1 Å². The maximum Gasteiger partial charge on any atom is 0.277 e. The smallest absolute Gasteiger partial charge is 0.277 e. The van der Waals surface area contributed by atoms with Gasteiger partial charge in [0, 0.05) is 19.2 Å². The van der Waals surface area contributed by atoms with Gasteiger partial charge in [0.2, 0.25) is 0 Å². The fourth-order valence-electron chi connectivity index (χ4n) is 2.60. The SMILES string of the molecule is CON(C)C(=O)c1ccc(C2CCCN(C)C2)cc1. The van der Waals surface area contributed by atoms with Crippen LogP contribution < -0.4 is 0 Å². The summed E-state index contributed by atoms with van der Waals surface area (Å²) < 4.78 is 0. The average molecular weight is 262 g/mol. The molecule has 4 heteroatoms. The van der Waals surface area contributed by atoms with Crippen LogP contribution in [0.15, 0.2) is 24.3 Å². The number of nitrogens with zero attached hydrogens (tertiary/aromatic N) is 2. The Bertz CT molecular complexity index is 430. The first kappa shape index (κ1) is 14.0. The molecule has 0 N–H and O–H groups in total. The van der Waals surface area contributed by atoms with Crippen molar-refractivity contribution in [2.75, 3.05) is 34.3 Å². The van der Waals surface area contributed by atoms with Gasteiger partial charge in [0.1, 0.15) is 0 Å². The lowest BCUT2D eigenvalue weighted by molar-refractivity contribution is -0.0757. The van der Waals surface area contributed by atoms with Crippen LogP contribution in [0.4, 0.5) is 0 Å². The zero-order valence-corrected chi connectivity index (χ0v) is 11.9. The molecule has 0 bridgehead atoms. The molecule has 0 aromatic heterocycles. The van der Waals surface area contributed by atoms with Crippen molar-refractivity contribution in [1.29, 1.82) is 0 Å². The zero-order valence-electron chi connectivity index (χ0n) is 11.9. The Morgan fingerprint density at radius 1 is 1.37 bits per heavy atom. The Morgan fingerprint density at radius 2 is 2.05 bits per heavy atom. The van der Waals surface area contributed by atoms with Gasteiger partial charge in [-0.1, -0.05) is 12.1 Å². The largest absolute Gasteiger partial charge is 0.306 e. The molecule has 1 unspecified atom stereocenters. The molecule has 1 aliphatic rings. The van der Waals surface area contributed by atoms with Crippen molar-refractivity contribution in [2.24, 2.45) is 0 Å². The van der Waals surface area contributed by atoms with Crippen LogP contribution in [0, 0.1) is 0 Å². The molecule has 0 aliphatic carbocycles. The summed E-state index contributed by atoms with van der Waals surface area (Å²) in [5, 5.41) is 1.24. The number of likely N-dealkylation sites (N-methyl/N-ethyl adjacent to an activating group) is 1. The number of rotatable bonds is 3. The third-order valence-corrected chi connectivity index (χ3v) is 3.81. The van der Waals surface area contributed by atoms with Crippen molar-refractivity contribution in [3.8, 4) is 0 Å². The minimum absolute atomic E-state index is 0.116. The highest BCUT2D eigenvalue weighted by Crippen LogP contribution is 2.26. The molecular weight excluding hydrogens is 240 g/mol. The molecule has 1 heterocycles. The minimum atomic E-state index is -0.116. The Morgan fingerprint density at radius 3 is 2.63 bits per heavy atom. The lowest BCUT2D eigenvalue weighted by Gasteiger charge is -2.30. The molecule has 1 amide bonds. The molecule has 0 spiro atoms. The van der Waals surface area contributed by atoms with Crippen LogP contribution in [0.3, 0.4) is 0 Å².